The Morgan fingerprint density at radius 3 is 2.94 bits per heavy atom. The molecule has 16 heavy (non-hydrogen) atoms. The lowest BCUT2D eigenvalue weighted by Gasteiger charge is -2.22. The van der Waals surface area contributed by atoms with Gasteiger partial charge < -0.3 is 15.4 Å². The van der Waals surface area contributed by atoms with Crippen molar-refractivity contribution in [1.82, 2.24) is 4.98 Å². The molecule has 0 radical (unpaired) electrons. The van der Waals surface area contributed by atoms with Gasteiger partial charge in [0.15, 0.2) is 0 Å². The molecule has 1 fully saturated rings. The Morgan fingerprint density at radius 2 is 2.31 bits per heavy atom. The van der Waals surface area contributed by atoms with Crippen LogP contribution in [0, 0.1) is 0 Å². The van der Waals surface area contributed by atoms with Gasteiger partial charge in [-0.2, -0.15) is 4.98 Å². The summed E-state index contributed by atoms with van der Waals surface area (Å²) in [6.07, 6.45) is 2.50. The number of anilines is 1. The van der Waals surface area contributed by atoms with Gasteiger partial charge in [-0.1, -0.05) is 6.07 Å². The zero-order valence-electron chi connectivity index (χ0n) is 9.72. The molecule has 1 aromatic heterocycles. The summed E-state index contributed by atoms with van der Waals surface area (Å²) in [4.78, 5) is 6.77. The highest BCUT2D eigenvalue weighted by Crippen LogP contribution is 2.30. The van der Waals surface area contributed by atoms with E-state index in [2.05, 4.69) is 9.88 Å². The highest BCUT2D eigenvalue weighted by molar-refractivity contribution is 5.43. The summed E-state index contributed by atoms with van der Waals surface area (Å²) < 4.78 is 5.41. The SMILES string of the molecule is CCOc1cccc(N(CCN)C2CC2)n1. The second-order valence-electron chi connectivity index (χ2n) is 3.98. The third-order valence-corrected chi connectivity index (χ3v) is 2.65. The predicted molar refractivity (Wildman–Crippen MR) is 64.8 cm³/mol. The number of pyridine rings is 1. The predicted octanol–water partition coefficient (Wildman–Crippen LogP) is 1.41. The van der Waals surface area contributed by atoms with Gasteiger partial charge in [-0.3, -0.25) is 0 Å². The zero-order valence-corrected chi connectivity index (χ0v) is 9.72. The molecule has 88 valence electrons. The maximum atomic E-state index is 5.63. The maximum absolute atomic E-state index is 5.63. The zero-order chi connectivity index (χ0) is 11.4. The molecule has 2 rings (SSSR count). The number of nitrogens with zero attached hydrogens (tertiary/aromatic N) is 2. The van der Waals surface area contributed by atoms with E-state index in [0.29, 0.717) is 25.1 Å². The molecule has 1 saturated carbocycles. The van der Waals surface area contributed by atoms with Crippen LogP contribution in [-0.4, -0.2) is 30.7 Å². The van der Waals surface area contributed by atoms with Crippen molar-refractivity contribution in [2.45, 2.75) is 25.8 Å². The highest BCUT2D eigenvalue weighted by atomic mass is 16.5. The second-order valence-corrected chi connectivity index (χ2v) is 3.98. The van der Waals surface area contributed by atoms with E-state index in [-0.39, 0.29) is 0 Å². The lowest BCUT2D eigenvalue weighted by atomic mass is 10.4. The first-order chi connectivity index (χ1) is 7.85. The molecule has 1 heterocycles. The Hall–Kier alpha value is -1.29. The molecule has 1 aliphatic rings. The normalized spacial score (nSPS) is 14.9. The van der Waals surface area contributed by atoms with E-state index < -0.39 is 0 Å². The molecule has 0 saturated heterocycles. The Bertz CT molecular complexity index is 339. The molecule has 0 unspecified atom stereocenters. The summed E-state index contributed by atoms with van der Waals surface area (Å²) in [5, 5.41) is 0. The number of aromatic nitrogens is 1. The summed E-state index contributed by atoms with van der Waals surface area (Å²) in [6.45, 7) is 4.15. The Morgan fingerprint density at radius 1 is 1.50 bits per heavy atom. The van der Waals surface area contributed by atoms with E-state index in [1.54, 1.807) is 0 Å². The first-order valence-corrected chi connectivity index (χ1v) is 5.91. The van der Waals surface area contributed by atoms with Gasteiger partial charge >= 0.3 is 0 Å². The number of nitrogens with two attached hydrogens (primary N) is 1. The van der Waals surface area contributed by atoms with Gasteiger partial charge in [0.1, 0.15) is 5.82 Å². The third-order valence-electron chi connectivity index (χ3n) is 2.65. The van der Waals surface area contributed by atoms with Gasteiger partial charge in [-0.25, -0.2) is 0 Å². The second kappa shape index (κ2) is 5.16. The minimum absolute atomic E-state index is 0.632. The highest BCUT2D eigenvalue weighted by Gasteiger charge is 2.29. The fourth-order valence-electron chi connectivity index (χ4n) is 1.80. The van der Waals surface area contributed by atoms with Gasteiger partial charge in [0, 0.05) is 25.2 Å². The van der Waals surface area contributed by atoms with E-state index in [1.807, 2.05) is 25.1 Å². The molecule has 0 amide bonds. The average molecular weight is 221 g/mol. The topological polar surface area (TPSA) is 51.4 Å². The van der Waals surface area contributed by atoms with E-state index in [0.717, 1.165) is 12.4 Å². The molecule has 0 aliphatic heterocycles. The number of ether oxygens (including phenoxy) is 1. The van der Waals surface area contributed by atoms with Crippen LogP contribution in [0.25, 0.3) is 0 Å². The van der Waals surface area contributed by atoms with Crippen molar-refractivity contribution in [2.24, 2.45) is 5.73 Å². The van der Waals surface area contributed by atoms with Crippen LogP contribution in [0.15, 0.2) is 18.2 Å². The molecule has 0 aromatic carbocycles. The minimum atomic E-state index is 0.632. The van der Waals surface area contributed by atoms with Crippen molar-refractivity contribution in [2.75, 3.05) is 24.6 Å². The van der Waals surface area contributed by atoms with Gasteiger partial charge in [0.05, 0.1) is 6.61 Å². The summed E-state index contributed by atoms with van der Waals surface area (Å²) in [5.74, 6) is 1.68. The Balaban J connectivity index is 2.12. The van der Waals surface area contributed by atoms with Crippen molar-refractivity contribution in [3.8, 4) is 5.88 Å². The lowest BCUT2D eigenvalue weighted by Crippen LogP contribution is -2.32. The molecule has 4 nitrogen and oxygen atoms in total. The van der Waals surface area contributed by atoms with Crippen molar-refractivity contribution in [1.29, 1.82) is 0 Å². The standard InChI is InChI=1S/C12H19N3O/c1-2-16-12-5-3-4-11(14-12)15(9-8-13)10-6-7-10/h3-5,10H,2,6-9,13H2,1H3. The number of rotatable bonds is 6. The molecule has 0 atom stereocenters. The van der Waals surface area contributed by atoms with E-state index in [9.17, 15) is 0 Å². The molecule has 0 spiro atoms. The fourth-order valence-corrected chi connectivity index (χ4v) is 1.80. The van der Waals surface area contributed by atoms with Gasteiger partial charge in [-0.15, -0.1) is 0 Å². The molecular weight excluding hydrogens is 202 g/mol. The Labute approximate surface area is 96.4 Å². The third kappa shape index (κ3) is 2.64. The first kappa shape index (κ1) is 11.2. The molecule has 1 aliphatic carbocycles. The largest absolute Gasteiger partial charge is 0.478 e. The average Bonchev–Trinajstić information content (AvgIpc) is 3.11. The monoisotopic (exact) mass is 221 g/mol. The van der Waals surface area contributed by atoms with Crippen LogP contribution in [0.3, 0.4) is 0 Å². The minimum Gasteiger partial charge on any atom is -0.478 e. The van der Waals surface area contributed by atoms with Crippen LogP contribution in [0.4, 0.5) is 5.82 Å². The Kier molecular flexibility index (Phi) is 3.62. The van der Waals surface area contributed by atoms with Crippen LogP contribution in [0.5, 0.6) is 5.88 Å². The van der Waals surface area contributed by atoms with E-state index in [1.165, 1.54) is 12.8 Å². The summed E-state index contributed by atoms with van der Waals surface area (Å²) in [5.41, 5.74) is 5.63. The molecular formula is C12H19N3O. The number of hydrogen-bond donors (Lipinski definition) is 1. The maximum Gasteiger partial charge on any atom is 0.215 e. The summed E-state index contributed by atoms with van der Waals surface area (Å²) >= 11 is 0. The van der Waals surface area contributed by atoms with Crippen molar-refractivity contribution < 1.29 is 4.74 Å². The smallest absolute Gasteiger partial charge is 0.215 e. The fraction of sp³-hybridized carbons (Fsp3) is 0.583. The van der Waals surface area contributed by atoms with Crippen LogP contribution in [-0.2, 0) is 0 Å². The van der Waals surface area contributed by atoms with Crippen molar-refractivity contribution in [3.05, 3.63) is 18.2 Å². The quantitative estimate of drug-likeness (QED) is 0.789. The van der Waals surface area contributed by atoms with Crippen molar-refractivity contribution in [3.63, 3.8) is 0 Å². The number of hydrogen-bond acceptors (Lipinski definition) is 4. The van der Waals surface area contributed by atoms with E-state index in [4.69, 9.17) is 10.5 Å². The van der Waals surface area contributed by atoms with Gasteiger partial charge in [0.25, 0.3) is 0 Å². The van der Waals surface area contributed by atoms with Crippen LogP contribution in [0.1, 0.15) is 19.8 Å². The van der Waals surface area contributed by atoms with Crippen molar-refractivity contribution >= 4 is 5.82 Å². The summed E-state index contributed by atoms with van der Waals surface area (Å²) in [7, 11) is 0. The molecule has 1 aromatic rings. The lowest BCUT2D eigenvalue weighted by molar-refractivity contribution is 0.327. The molecule has 4 heteroatoms. The van der Waals surface area contributed by atoms with Gasteiger partial charge in [-0.05, 0) is 25.8 Å². The molecule has 0 bridgehead atoms. The first-order valence-electron chi connectivity index (χ1n) is 5.91. The van der Waals surface area contributed by atoms with Crippen LogP contribution < -0.4 is 15.4 Å². The summed E-state index contributed by atoms with van der Waals surface area (Å²) in [6, 6.07) is 6.53. The van der Waals surface area contributed by atoms with Gasteiger partial charge in [0.2, 0.25) is 5.88 Å². The van der Waals surface area contributed by atoms with Crippen LogP contribution >= 0.6 is 0 Å². The molecule has 2 N–H and O–H groups in total. The van der Waals surface area contributed by atoms with Crippen LogP contribution in [0.2, 0.25) is 0 Å². The van der Waals surface area contributed by atoms with E-state index >= 15 is 0 Å².